The molecule has 0 aromatic heterocycles. The summed E-state index contributed by atoms with van der Waals surface area (Å²) in [6, 6.07) is 8.66. The Labute approximate surface area is 95.0 Å². The fraction of sp³-hybridized carbons (Fsp3) is 0.308. The predicted molar refractivity (Wildman–Crippen MR) is 61.2 cm³/mol. The molecule has 1 N–H and O–H groups in total. The smallest absolute Gasteiger partial charge is 0.277 e. The Morgan fingerprint density at radius 2 is 2.06 bits per heavy atom. The van der Waals surface area contributed by atoms with E-state index >= 15 is 0 Å². The van der Waals surface area contributed by atoms with Crippen molar-refractivity contribution in [1.82, 2.24) is 5.06 Å². The molecule has 0 aliphatic heterocycles. The van der Waals surface area contributed by atoms with Gasteiger partial charge in [0.15, 0.2) is 0 Å². The fourth-order valence-corrected chi connectivity index (χ4v) is 1.86. The zero-order valence-corrected chi connectivity index (χ0v) is 9.04. The Morgan fingerprint density at radius 1 is 1.31 bits per heavy atom. The van der Waals surface area contributed by atoms with Crippen LogP contribution in [0.5, 0.6) is 0 Å². The summed E-state index contributed by atoms with van der Waals surface area (Å²) in [5.41, 5.74) is 0.518. The maximum atomic E-state index is 11.9. The molecule has 1 amide bonds. The highest BCUT2D eigenvalue weighted by Crippen LogP contribution is 2.17. The Hall–Kier alpha value is -1.61. The van der Waals surface area contributed by atoms with Crippen LogP contribution < -0.4 is 0 Å². The molecule has 1 atom stereocenters. The zero-order chi connectivity index (χ0) is 11.4. The van der Waals surface area contributed by atoms with Gasteiger partial charge in [-0.05, 0) is 31.4 Å². The van der Waals surface area contributed by atoms with Gasteiger partial charge in [-0.25, -0.2) is 5.06 Å². The van der Waals surface area contributed by atoms with Crippen molar-refractivity contribution in [1.29, 1.82) is 0 Å². The first-order valence-corrected chi connectivity index (χ1v) is 5.53. The molecule has 0 bridgehead atoms. The number of rotatable bonds is 2. The number of allylic oxidation sites excluding steroid dienone is 1. The molecule has 0 fully saturated rings. The van der Waals surface area contributed by atoms with Gasteiger partial charge in [0, 0.05) is 5.56 Å². The van der Waals surface area contributed by atoms with E-state index in [2.05, 4.69) is 0 Å². The van der Waals surface area contributed by atoms with Gasteiger partial charge in [0.2, 0.25) is 0 Å². The number of hydrogen-bond acceptors (Lipinski definition) is 2. The molecule has 2 rings (SSSR count). The molecule has 84 valence electrons. The largest absolute Gasteiger partial charge is 0.285 e. The van der Waals surface area contributed by atoms with E-state index < -0.39 is 0 Å². The molecule has 1 aliphatic rings. The first kappa shape index (κ1) is 10.9. The van der Waals surface area contributed by atoms with Crippen molar-refractivity contribution < 1.29 is 10.0 Å². The molecular weight excluding hydrogens is 202 g/mol. The van der Waals surface area contributed by atoms with Crippen LogP contribution in [0.1, 0.15) is 29.6 Å². The highest BCUT2D eigenvalue weighted by molar-refractivity contribution is 5.93. The van der Waals surface area contributed by atoms with Crippen LogP contribution >= 0.6 is 0 Å². The van der Waals surface area contributed by atoms with Crippen LogP contribution in [0.3, 0.4) is 0 Å². The molecule has 16 heavy (non-hydrogen) atoms. The Bertz CT molecular complexity index is 386. The van der Waals surface area contributed by atoms with Crippen molar-refractivity contribution in [3.8, 4) is 0 Å². The summed E-state index contributed by atoms with van der Waals surface area (Å²) in [4.78, 5) is 11.9. The highest BCUT2D eigenvalue weighted by Gasteiger charge is 2.21. The Morgan fingerprint density at radius 3 is 2.69 bits per heavy atom. The minimum atomic E-state index is -0.336. The quantitative estimate of drug-likeness (QED) is 0.470. The number of benzene rings is 1. The van der Waals surface area contributed by atoms with Gasteiger partial charge in [0.05, 0.1) is 6.04 Å². The van der Waals surface area contributed by atoms with Crippen LogP contribution in [0.2, 0.25) is 0 Å². The van der Waals surface area contributed by atoms with Gasteiger partial charge in [-0.15, -0.1) is 0 Å². The van der Waals surface area contributed by atoms with Crippen molar-refractivity contribution >= 4 is 5.91 Å². The molecule has 1 aromatic rings. The third-order valence-electron chi connectivity index (χ3n) is 2.77. The lowest BCUT2D eigenvalue weighted by atomic mass is 10.0. The lowest BCUT2D eigenvalue weighted by Gasteiger charge is -2.25. The second-order valence-corrected chi connectivity index (χ2v) is 3.94. The third kappa shape index (κ3) is 2.31. The molecule has 0 saturated heterocycles. The topological polar surface area (TPSA) is 40.5 Å². The summed E-state index contributed by atoms with van der Waals surface area (Å²) in [5.74, 6) is -0.336. The first-order valence-electron chi connectivity index (χ1n) is 5.53. The van der Waals surface area contributed by atoms with E-state index in [0.29, 0.717) is 5.56 Å². The monoisotopic (exact) mass is 217 g/mol. The van der Waals surface area contributed by atoms with E-state index in [0.717, 1.165) is 24.3 Å². The third-order valence-corrected chi connectivity index (χ3v) is 2.77. The summed E-state index contributed by atoms with van der Waals surface area (Å²) < 4.78 is 0. The second-order valence-electron chi connectivity index (χ2n) is 3.94. The average Bonchev–Trinajstić information content (AvgIpc) is 2.39. The highest BCUT2D eigenvalue weighted by atomic mass is 16.5. The SMILES string of the molecule is O=C(c1ccccc1)N(O)C1C=CCCC1. The first-order chi connectivity index (χ1) is 7.79. The number of hydroxylamine groups is 2. The lowest BCUT2D eigenvalue weighted by molar-refractivity contribution is -0.0794. The van der Waals surface area contributed by atoms with E-state index in [1.54, 1.807) is 24.3 Å². The summed E-state index contributed by atoms with van der Waals surface area (Å²) in [6.07, 6.45) is 6.77. The van der Waals surface area contributed by atoms with Gasteiger partial charge in [-0.2, -0.15) is 0 Å². The van der Waals surface area contributed by atoms with Crippen molar-refractivity contribution in [3.05, 3.63) is 48.0 Å². The van der Waals surface area contributed by atoms with E-state index in [1.165, 1.54) is 0 Å². The maximum Gasteiger partial charge on any atom is 0.277 e. The van der Waals surface area contributed by atoms with Gasteiger partial charge >= 0.3 is 0 Å². The van der Waals surface area contributed by atoms with E-state index in [-0.39, 0.29) is 11.9 Å². The van der Waals surface area contributed by atoms with Crippen LogP contribution in [-0.4, -0.2) is 22.2 Å². The molecule has 3 heteroatoms. The van der Waals surface area contributed by atoms with E-state index in [4.69, 9.17) is 0 Å². The summed E-state index contributed by atoms with van der Waals surface area (Å²) in [6.45, 7) is 0. The number of amides is 1. The Balaban J connectivity index is 2.10. The van der Waals surface area contributed by atoms with Crippen LogP contribution in [0.15, 0.2) is 42.5 Å². The molecule has 1 aliphatic carbocycles. The summed E-state index contributed by atoms with van der Waals surface area (Å²) in [7, 11) is 0. The van der Waals surface area contributed by atoms with Crippen LogP contribution in [0, 0.1) is 0 Å². The van der Waals surface area contributed by atoms with Crippen LogP contribution in [-0.2, 0) is 0 Å². The molecule has 0 spiro atoms. The van der Waals surface area contributed by atoms with Gasteiger partial charge in [0.25, 0.3) is 5.91 Å². The maximum absolute atomic E-state index is 11.9. The second kappa shape index (κ2) is 4.94. The molecule has 1 unspecified atom stereocenters. The van der Waals surface area contributed by atoms with Crippen molar-refractivity contribution in [2.24, 2.45) is 0 Å². The van der Waals surface area contributed by atoms with Crippen LogP contribution in [0.25, 0.3) is 0 Å². The van der Waals surface area contributed by atoms with Crippen LogP contribution in [0.4, 0.5) is 0 Å². The van der Waals surface area contributed by atoms with Gasteiger partial charge in [-0.3, -0.25) is 10.0 Å². The van der Waals surface area contributed by atoms with Crippen molar-refractivity contribution in [2.75, 3.05) is 0 Å². The number of hydrogen-bond donors (Lipinski definition) is 1. The Kier molecular flexibility index (Phi) is 3.37. The molecule has 0 radical (unpaired) electrons. The normalized spacial score (nSPS) is 19.4. The number of carbonyl (C=O) groups excluding carboxylic acids is 1. The molecule has 3 nitrogen and oxygen atoms in total. The predicted octanol–water partition coefficient (Wildman–Crippen LogP) is 2.63. The lowest BCUT2D eigenvalue weighted by Crippen LogP contribution is -2.37. The average molecular weight is 217 g/mol. The summed E-state index contributed by atoms with van der Waals surface area (Å²) in [5, 5.41) is 10.7. The molecular formula is C13H15NO2. The van der Waals surface area contributed by atoms with Crippen molar-refractivity contribution in [2.45, 2.75) is 25.3 Å². The zero-order valence-electron chi connectivity index (χ0n) is 9.04. The minimum absolute atomic E-state index is 0.179. The number of nitrogens with zero attached hydrogens (tertiary/aromatic N) is 1. The molecule has 1 aromatic carbocycles. The van der Waals surface area contributed by atoms with E-state index in [1.807, 2.05) is 18.2 Å². The van der Waals surface area contributed by atoms with Gasteiger partial charge in [-0.1, -0.05) is 30.4 Å². The fourth-order valence-electron chi connectivity index (χ4n) is 1.86. The standard InChI is InChI=1S/C13H15NO2/c15-13(11-7-3-1-4-8-11)14(16)12-9-5-2-6-10-12/h1,3-5,7-9,12,16H,2,6,10H2. The summed E-state index contributed by atoms with van der Waals surface area (Å²) >= 11 is 0. The van der Waals surface area contributed by atoms with Gasteiger partial charge in [0.1, 0.15) is 0 Å². The minimum Gasteiger partial charge on any atom is -0.285 e. The molecule has 0 heterocycles. The van der Waals surface area contributed by atoms with Gasteiger partial charge < -0.3 is 0 Å². The van der Waals surface area contributed by atoms with E-state index in [9.17, 15) is 10.0 Å². The molecule has 0 saturated carbocycles. The van der Waals surface area contributed by atoms with Crippen molar-refractivity contribution in [3.63, 3.8) is 0 Å². The number of carbonyl (C=O) groups is 1.